The van der Waals surface area contributed by atoms with Gasteiger partial charge in [-0.15, -0.1) is 0 Å². The number of ether oxygens (including phenoxy) is 2. The Hall–Kier alpha value is -3.06. The number of carbonyl (C=O) groups excluding carboxylic acids is 1. The van der Waals surface area contributed by atoms with Gasteiger partial charge >= 0.3 is 0 Å². The van der Waals surface area contributed by atoms with E-state index in [9.17, 15) is 9.18 Å². The number of nitrogens with zero attached hydrogens (tertiary/aromatic N) is 2. The molecule has 0 bridgehead atoms. The molecule has 2 aromatic carbocycles. The number of fused-ring (bicyclic) bond motifs is 1. The number of anilines is 1. The van der Waals surface area contributed by atoms with Crippen LogP contribution >= 0.6 is 11.6 Å². The zero-order valence-corrected chi connectivity index (χ0v) is 16.7. The fourth-order valence-corrected chi connectivity index (χ4v) is 3.75. The number of nitrogens with one attached hydrogen (secondary N) is 1. The summed E-state index contributed by atoms with van der Waals surface area (Å²) in [6.07, 6.45) is 2.51. The number of amides is 1. The molecule has 0 aliphatic heterocycles. The van der Waals surface area contributed by atoms with Gasteiger partial charge in [0.05, 0.1) is 30.6 Å². The number of hydrogen-bond acceptors (Lipinski definition) is 4. The summed E-state index contributed by atoms with van der Waals surface area (Å²) in [5, 5.41) is 7.66. The highest BCUT2D eigenvalue weighted by atomic mass is 35.5. The van der Waals surface area contributed by atoms with Gasteiger partial charge in [-0.1, -0.05) is 11.6 Å². The van der Waals surface area contributed by atoms with Crippen molar-refractivity contribution in [2.24, 2.45) is 0 Å². The number of halogens is 2. The first-order valence-corrected chi connectivity index (χ1v) is 9.49. The van der Waals surface area contributed by atoms with E-state index in [-0.39, 0.29) is 11.7 Å². The van der Waals surface area contributed by atoms with Crippen LogP contribution in [0.1, 0.15) is 28.2 Å². The molecule has 4 rings (SSSR count). The molecule has 1 aromatic heterocycles. The predicted octanol–water partition coefficient (Wildman–Crippen LogP) is 4.42. The number of aromatic nitrogens is 2. The van der Waals surface area contributed by atoms with Gasteiger partial charge in [-0.25, -0.2) is 9.07 Å². The molecule has 0 radical (unpaired) electrons. The molecule has 1 aliphatic rings. The van der Waals surface area contributed by atoms with Crippen LogP contribution in [0.3, 0.4) is 0 Å². The molecular weight excluding hydrogens is 397 g/mol. The van der Waals surface area contributed by atoms with E-state index in [0.717, 1.165) is 30.5 Å². The highest BCUT2D eigenvalue weighted by molar-refractivity contribution is 6.34. The molecule has 3 aromatic rings. The van der Waals surface area contributed by atoms with Gasteiger partial charge in [0, 0.05) is 23.4 Å². The summed E-state index contributed by atoms with van der Waals surface area (Å²) in [5.41, 5.74) is 3.33. The first kappa shape index (κ1) is 19.3. The fraction of sp³-hybridized carbons (Fsp3) is 0.238. The maximum Gasteiger partial charge on any atom is 0.276 e. The molecule has 1 amide bonds. The molecule has 1 N–H and O–H groups in total. The van der Waals surface area contributed by atoms with Crippen molar-refractivity contribution in [2.45, 2.75) is 19.3 Å². The Morgan fingerprint density at radius 1 is 1.14 bits per heavy atom. The van der Waals surface area contributed by atoms with Crippen LogP contribution in [0, 0.1) is 5.82 Å². The molecule has 0 saturated carbocycles. The highest BCUT2D eigenvalue weighted by Gasteiger charge is 2.27. The summed E-state index contributed by atoms with van der Waals surface area (Å²) in [5.74, 6) is 0.239. The summed E-state index contributed by atoms with van der Waals surface area (Å²) in [7, 11) is 3.02. The first-order valence-electron chi connectivity index (χ1n) is 9.11. The molecular formula is C21H19ClFN3O3. The largest absolute Gasteiger partial charge is 0.493 e. The third kappa shape index (κ3) is 3.53. The van der Waals surface area contributed by atoms with Crippen molar-refractivity contribution in [1.29, 1.82) is 0 Å². The number of carbonyl (C=O) groups is 1. The van der Waals surface area contributed by atoms with Gasteiger partial charge in [-0.3, -0.25) is 4.79 Å². The van der Waals surface area contributed by atoms with Crippen molar-refractivity contribution in [2.75, 3.05) is 19.5 Å². The maximum absolute atomic E-state index is 13.3. The molecule has 0 unspecified atom stereocenters. The van der Waals surface area contributed by atoms with Gasteiger partial charge in [-0.2, -0.15) is 5.10 Å². The second-order valence-corrected chi connectivity index (χ2v) is 7.06. The zero-order chi connectivity index (χ0) is 20.5. The van der Waals surface area contributed by atoms with Crippen LogP contribution in [0.2, 0.25) is 5.02 Å². The molecule has 0 spiro atoms. The third-order valence-corrected chi connectivity index (χ3v) is 5.25. The van der Waals surface area contributed by atoms with E-state index in [4.69, 9.17) is 21.1 Å². The lowest BCUT2D eigenvalue weighted by atomic mass is 10.2. The molecule has 8 heteroatoms. The van der Waals surface area contributed by atoms with Crippen LogP contribution in [0.5, 0.6) is 11.5 Å². The Labute approximate surface area is 172 Å². The van der Waals surface area contributed by atoms with Crippen molar-refractivity contribution >= 4 is 23.2 Å². The molecule has 0 fully saturated rings. The van der Waals surface area contributed by atoms with Crippen molar-refractivity contribution in [1.82, 2.24) is 9.78 Å². The first-order chi connectivity index (χ1) is 14.0. The summed E-state index contributed by atoms with van der Waals surface area (Å²) in [6.45, 7) is 0. The van der Waals surface area contributed by atoms with Crippen molar-refractivity contribution in [3.05, 3.63) is 64.2 Å². The minimum atomic E-state index is -0.363. The molecule has 0 saturated heterocycles. The Kier molecular flexibility index (Phi) is 5.15. The van der Waals surface area contributed by atoms with E-state index in [1.54, 1.807) is 28.9 Å². The van der Waals surface area contributed by atoms with Crippen LogP contribution in [-0.4, -0.2) is 29.9 Å². The van der Waals surface area contributed by atoms with E-state index in [2.05, 4.69) is 10.4 Å². The standard InChI is InChI=1S/C21H19ClFN3O3/c1-28-18-10-15(22)16(11-19(18)29-2)24-21(27)20-14-4-3-5-17(14)26(25-20)13-8-6-12(23)7-9-13/h6-11H,3-5H2,1-2H3,(H,24,27). The van der Waals surface area contributed by atoms with Gasteiger partial charge in [0.15, 0.2) is 17.2 Å². The van der Waals surface area contributed by atoms with Crippen molar-refractivity contribution < 1.29 is 18.7 Å². The van der Waals surface area contributed by atoms with Crippen LogP contribution in [-0.2, 0) is 12.8 Å². The molecule has 0 atom stereocenters. The van der Waals surface area contributed by atoms with Crippen molar-refractivity contribution in [3.63, 3.8) is 0 Å². The lowest BCUT2D eigenvalue weighted by Crippen LogP contribution is -2.15. The Morgan fingerprint density at radius 2 is 1.83 bits per heavy atom. The average Bonchev–Trinajstić information content (AvgIpc) is 3.32. The van der Waals surface area contributed by atoms with E-state index in [1.165, 1.54) is 26.4 Å². The maximum atomic E-state index is 13.3. The number of hydrogen-bond donors (Lipinski definition) is 1. The van der Waals surface area contributed by atoms with Gasteiger partial charge in [0.25, 0.3) is 5.91 Å². The minimum absolute atomic E-state index is 0.321. The summed E-state index contributed by atoms with van der Waals surface area (Å²) in [4.78, 5) is 13.0. The predicted molar refractivity (Wildman–Crippen MR) is 108 cm³/mol. The van der Waals surface area contributed by atoms with Gasteiger partial charge in [0.2, 0.25) is 0 Å². The Bertz CT molecular complexity index is 1080. The number of rotatable bonds is 5. The monoisotopic (exact) mass is 415 g/mol. The molecule has 1 aliphatic carbocycles. The van der Waals surface area contributed by atoms with Crippen LogP contribution in [0.15, 0.2) is 36.4 Å². The second-order valence-electron chi connectivity index (χ2n) is 6.66. The normalized spacial score (nSPS) is 12.6. The van der Waals surface area contributed by atoms with Crippen LogP contribution in [0.25, 0.3) is 5.69 Å². The topological polar surface area (TPSA) is 65.4 Å². The highest BCUT2D eigenvalue weighted by Crippen LogP contribution is 2.36. The van der Waals surface area contributed by atoms with E-state index < -0.39 is 0 Å². The molecule has 150 valence electrons. The van der Waals surface area contributed by atoms with Crippen LogP contribution in [0.4, 0.5) is 10.1 Å². The average molecular weight is 416 g/mol. The Balaban J connectivity index is 1.68. The lowest BCUT2D eigenvalue weighted by molar-refractivity contribution is 0.102. The van der Waals surface area contributed by atoms with E-state index in [0.29, 0.717) is 33.6 Å². The Morgan fingerprint density at radius 3 is 2.52 bits per heavy atom. The van der Waals surface area contributed by atoms with Crippen molar-refractivity contribution in [3.8, 4) is 17.2 Å². The molecule has 6 nitrogen and oxygen atoms in total. The zero-order valence-electron chi connectivity index (χ0n) is 16.0. The van der Waals surface area contributed by atoms with Gasteiger partial charge in [0.1, 0.15) is 5.82 Å². The number of methoxy groups -OCH3 is 2. The van der Waals surface area contributed by atoms with Gasteiger partial charge in [-0.05, 0) is 43.5 Å². The summed E-state index contributed by atoms with van der Waals surface area (Å²) < 4.78 is 25.5. The SMILES string of the molecule is COc1cc(Cl)c(NC(=O)c2nn(-c3ccc(F)cc3)c3c2CCC3)cc1OC. The quantitative estimate of drug-likeness (QED) is 0.669. The smallest absolute Gasteiger partial charge is 0.276 e. The van der Waals surface area contributed by atoms with Gasteiger partial charge < -0.3 is 14.8 Å². The second kappa shape index (κ2) is 7.75. The summed E-state index contributed by atoms with van der Waals surface area (Å²) >= 11 is 6.29. The van der Waals surface area contributed by atoms with E-state index >= 15 is 0 Å². The third-order valence-electron chi connectivity index (χ3n) is 4.94. The molecule has 1 heterocycles. The molecule has 29 heavy (non-hydrogen) atoms. The minimum Gasteiger partial charge on any atom is -0.493 e. The van der Waals surface area contributed by atoms with E-state index in [1.807, 2.05) is 0 Å². The lowest BCUT2D eigenvalue weighted by Gasteiger charge is -2.12. The fourth-order valence-electron chi connectivity index (χ4n) is 3.55. The summed E-state index contributed by atoms with van der Waals surface area (Å²) in [6, 6.07) is 9.23. The van der Waals surface area contributed by atoms with Crippen LogP contribution < -0.4 is 14.8 Å². The number of benzene rings is 2.